The molecule has 28 heavy (non-hydrogen) atoms. The number of aryl methyl sites for hydroxylation is 1. The Balaban J connectivity index is 1.52. The van der Waals surface area contributed by atoms with E-state index in [1.165, 1.54) is 10.4 Å². The van der Waals surface area contributed by atoms with Crippen LogP contribution in [0.3, 0.4) is 0 Å². The number of thiophene rings is 1. The molecule has 3 aromatic rings. The molecule has 1 aromatic carbocycles. The lowest BCUT2D eigenvalue weighted by molar-refractivity contribution is -0.132. The Kier molecular flexibility index (Phi) is 5.41. The van der Waals surface area contributed by atoms with Gasteiger partial charge in [0.05, 0.1) is 18.5 Å². The van der Waals surface area contributed by atoms with Crippen molar-refractivity contribution in [3.63, 3.8) is 0 Å². The van der Waals surface area contributed by atoms with E-state index in [9.17, 15) is 4.79 Å². The van der Waals surface area contributed by atoms with Gasteiger partial charge in [0.2, 0.25) is 0 Å². The zero-order valence-electron chi connectivity index (χ0n) is 16.0. The molecule has 0 spiro atoms. The van der Waals surface area contributed by atoms with Crippen LogP contribution in [0.15, 0.2) is 69.7 Å². The molecule has 0 saturated carbocycles. The SMILES string of the molecule is Cc1ccc(C2=NN(C(=O)CN[C@@H](C)c3cccs3)[C@@H](c3ccco3)C2)cc1. The fourth-order valence-electron chi connectivity index (χ4n) is 3.32. The summed E-state index contributed by atoms with van der Waals surface area (Å²) in [6.07, 6.45) is 2.28. The quantitative estimate of drug-likeness (QED) is 0.662. The first-order valence-corrected chi connectivity index (χ1v) is 10.3. The van der Waals surface area contributed by atoms with E-state index in [1.807, 2.05) is 23.6 Å². The summed E-state index contributed by atoms with van der Waals surface area (Å²) >= 11 is 1.68. The molecule has 0 bridgehead atoms. The van der Waals surface area contributed by atoms with Crippen molar-refractivity contribution in [3.8, 4) is 0 Å². The molecule has 2 atom stereocenters. The van der Waals surface area contributed by atoms with Gasteiger partial charge in [0.25, 0.3) is 5.91 Å². The summed E-state index contributed by atoms with van der Waals surface area (Å²) < 4.78 is 5.60. The van der Waals surface area contributed by atoms with Gasteiger partial charge in [0.1, 0.15) is 11.8 Å². The van der Waals surface area contributed by atoms with Crippen LogP contribution < -0.4 is 5.32 Å². The number of carbonyl (C=O) groups excluding carboxylic acids is 1. The zero-order valence-corrected chi connectivity index (χ0v) is 16.8. The smallest absolute Gasteiger partial charge is 0.257 e. The highest BCUT2D eigenvalue weighted by molar-refractivity contribution is 7.10. The molecule has 0 radical (unpaired) electrons. The standard InChI is InChI=1S/C22H23N3O2S/c1-15-7-9-17(10-8-15)18-13-19(20-5-3-11-27-20)25(24-18)22(26)14-23-16(2)21-6-4-12-28-21/h3-12,16,19,23H,13-14H2,1-2H3/t16-,19+/m0/s1. The number of nitrogens with one attached hydrogen (secondary N) is 1. The summed E-state index contributed by atoms with van der Waals surface area (Å²) in [4.78, 5) is 14.2. The molecule has 1 amide bonds. The third-order valence-electron chi connectivity index (χ3n) is 4.95. The summed E-state index contributed by atoms with van der Waals surface area (Å²) in [6, 6.07) is 16.0. The van der Waals surface area contributed by atoms with E-state index >= 15 is 0 Å². The van der Waals surface area contributed by atoms with Crippen molar-refractivity contribution in [2.24, 2.45) is 5.10 Å². The fraction of sp³-hybridized carbons (Fsp3) is 0.273. The van der Waals surface area contributed by atoms with Crippen LogP contribution in [0.1, 0.15) is 47.2 Å². The molecule has 3 heterocycles. The summed E-state index contributed by atoms with van der Waals surface area (Å²) in [6.45, 7) is 4.34. The van der Waals surface area contributed by atoms with Gasteiger partial charge < -0.3 is 9.73 Å². The lowest BCUT2D eigenvalue weighted by Gasteiger charge is -2.21. The van der Waals surface area contributed by atoms with Crippen LogP contribution >= 0.6 is 11.3 Å². The van der Waals surface area contributed by atoms with Gasteiger partial charge in [-0.1, -0.05) is 35.9 Å². The van der Waals surface area contributed by atoms with Crippen molar-refractivity contribution >= 4 is 23.0 Å². The van der Waals surface area contributed by atoms with Gasteiger partial charge in [-0.2, -0.15) is 5.10 Å². The number of amides is 1. The van der Waals surface area contributed by atoms with Crippen LogP contribution in [0, 0.1) is 6.92 Å². The molecular formula is C22H23N3O2S. The first kappa shape index (κ1) is 18.7. The normalized spacial score (nSPS) is 17.6. The summed E-state index contributed by atoms with van der Waals surface area (Å²) in [5, 5.41) is 11.6. The number of furan rings is 1. The molecule has 1 N–H and O–H groups in total. The van der Waals surface area contributed by atoms with Gasteiger partial charge in [-0.15, -0.1) is 11.3 Å². The molecule has 144 valence electrons. The minimum absolute atomic E-state index is 0.0630. The molecule has 0 fully saturated rings. The molecule has 0 aliphatic carbocycles. The van der Waals surface area contributed by atoms with Crippen molar-refractivity contribution in [3.05, 3.63) is 81.9 Å². The maximum atomic E-state index is 13.0. The highest BCUT2D eigenvalue weighted by Gasteiger charge is 2.34. The molecule has 4 rings (SSSR count). The van der Waals surface area contributed by atoms with E-state index in [0.717, 1.165) is 17.0 Å². The largest absolute Gasteiger partial charge is 0.467 e. The first-order valence-electron chi connectivity index (χ1n) is 9.38. The molecule has 6 heteroatoms. The minimum Gasteiger partial charge on any atom is -0.467 e. The number of benzene rings is 1. The number of hydrogen-bond donors (Lipinski definition) is 1. The van der Waals surface area contributed by atoms with Crippen molar-refractivity contribution < 1.29 is 9.21 Å². The monoisotopic (exact) mass is 393 g/mol. The lowest BCUT2D eigenvalue weighted by Crippen LogP contribution is -2.36. The molecule has 1 aliphatic heterocycles. The molecule has 5 nitrogen and oxygen atoms in total. The van der Waals surface area contributed by atoms with E-state index in [2.05, 4.69) is 54.6 Å². The van der Waals surface area contributed by atoms with E-state index in [1.54, 1.807) is 22.6 Å². The van der Waals surface area contributed by atoms with Crippen LogP contribution in [0.4, 0.5) is 0 Å². The van der Waals surface area contributed by atoms with Gasteiger partial charge in [-0.3, -0.25) is 4.79 Å². The Morgan fingerprint density at radius 3 is 2.79 bits per heavy atom. The van der Waals surface area contributed by atoms with E-state index in [0.29, 0.717) is 6.42 Å². The first-order chi connectivity index (χ1) is 13.6. The van der Waals surface area contributed by atoms with E-state index in [4.69, 9.17) is 4.42 Å². The predicted molar refractivity (Wildman–Crippen MR) is 111 cm³/mol. The predicted octanol–water partition coefficient (Wildman–Crippen LogP) is 4.68. The average Bonchev–Trinajstić information content (AvgIpc) is 3.47. The van der Waals surface area contributed by atoms with Crippen LogP contribution in [0.2, 0.25) is 0 Å². The maximum absolute atomic E-state index is 13.0. The van der Waals surface area contributed by atoms with Gasteiger partial charge in [-0.05, 0) is 43.0 Å². The Morgan fingerprint density at radius 2 is 2.11 bits per heavy atom. The van der Waals surface area contributed by atoms with Crippen molar-refractivity contribution in [1.29, 1.82) is 0 Å². The van der Waals surface area contributed by atoms with Gasteiger partial charge >= 0.3 is 0 Å². The molecular weight excluding hydrogens is 370 g/mol. The maximum Gasteiger partial charge on any atom is 0.257 e. The Morgan fingerprint density at radius 1 is 1.29 bits per heavy atom. The molecule has 0 saturated heterocycles. The number of carbonyl (C=O) groups is 1. The second-order valence-corrected chi connectivity index (χ2v) is 7.98. The summed E-state index contributed by atoms with van der Waals surface area (Å²) in [5.41, 5.74) is 3.14. The third kappa shape index (κ3) is 3.93. The highest BCUT2D eigenvalue weighted by atomic mass is 32.1. The Labute approximate surface area is 168 Å². The second-order valence-electron chi connectivity index (χ2n) is 7.00. The molecule has 2 aromatic heterocycles. The Bertz CT molecular complexity index is 946. The fourth-order valence-corrected chi connectivity index (χ4v) is 4.08. The average molecular weight is 394 g/mol. The third-order valence-corrected chi connectivity index (χ3v) is 6.01. The summed E-state index contributed by atoms with van der Waals surface area (Å²) in [5.74, 6) is 0.692. The van der Waals surface area contributed by atoms with Crippen molar-refractivity contribution in [2.45, 2.75) is 32.4 Å². The van der Waals surface area contributed by atoms with Crippen LogP contribution in [-0.4, -0.2) is 23.2 Å². The van der Waals surface area contributed by atoms with Gasteiger partial charge in [0.15, 0.2) is 0 Å². The minimum atomic E-state index is -0.211. The number of hydrazone groups is 1. The number of nitrogens with zero attached hydrogens (tertiary/aromatic N) is 2. The number of rotatable bonds is 6. The van der Waals surface area contributed by atoms with Crippen molar-refractivity contribution in [2.75, 3.05) is 6.54 Å². The zero-order chi connectivity index (χ0) is 19.5. The van der Waals surface area contributed by atoms with E-state index < -0.39 is 0 Å². The second kappa shape index (κ2) is 8.12. The van der Waals surface area contributed by atoms with Crippen LogP contribution in [0.25, 0.3) is 0 Å². The topological polar surface area (TPSA) is 57.8 Å². The van der Waals surface area contributed by atoms with Gasteiger partial charge in [-0.25, -0.2) is 5.01 Å². The molecule has 1 aliphatic rings. The van der Waals surface area contributed by atoms with Gasteiger partial charge in [0, 0.05) is 17.3 Å². The molecule has 0 unspecified atom stereocenters. The Hall–Kier alpha value is -2.70. The van der Waals surface area contributed by atoms with Crippen LogP contribution in [0.5, 0.6) is 0 Å². The van der Waals surface area contributed by atoms with Crippen LogP contribution in [-0.2, 0) is 4.79 Å². The number of hydrogen-bond acceptors (Lipinski definition) is 5. The highest BCUT2D eigenvalue weighted by Crippen LogP contribution is 2.33. The van der Waals surface area contributed by atoms with E-state index in [-0.39, 0.29) is 24.5 Å². The van der Waals surface area contributed by atoms with Crippen molar-refractivity contribution in [1.82, 2.24) is 10.3 Å². The lowest BCUT2D eigenvalue weighted by atomic mass is 10.0. The summed E-state index contributed by atoms with van der Waals surface area (Å²) in [7, 11) is 0.